The van der Waals surface area contributed by atoms with Crippen LogP contribution in [0.4, 0.5) is 0 Å². The Balaban J connectivity index is -0.000000267. The highest BCUT2D eigenvalue weighted by Crippen LogP contribution is 2.29. The van der Waals surface area contributed by atoms with Gasteiger partial charge < -0.3 is 0 Å². The molecule has 0 radical (unpaired) electrons. The maximum atomic E-state index is 3.79. The van der Waals surface area contributed by atoms with Crippen LogP contribution in [0, 0.1) is 41.5 Å². The summed E-state index contributed by atoms with van der Waals surface area (Å²) >= 11 is 0. The molecule has 0 fully saturated rings. The van der Waals surface area contributed by atoms with Gasteiger partial charge in [-0.1, -0.05) is 149 Å². The molecule has 0 atom stereocenters. The molecular formula is C47H80. The Bertz CT molecular complexity index is 1190. The molecule has 268 valence electrons. The van der Waals surface area contributed by atoms with Crippen LogP contribution in [0.1, 0.15) is 158 Å². The molecule has 0 spiro atoms. The van der Waals surface area contributed by atoms with Gasteiger partial charge in [-0.2, -0.15) is 0 Å². The lowest BCUT2D eigenvalue weighted by atomic mass is 9.79. The molecular weight excluding hydrogens is 565 g/mol. The lowest BCUT2D eigenvalue weighted by Gasteiger charge is -2.25. The number of hydrogen-bond donors (Lipinski definition) is 0. The summed E-state index contributed by atoms with van der Waals surface area (Å²) in [5, 5.41) is 0. The van der Waals surface area contributed by atoms with Gasteiger partial charge in [-0.3, -0.25) is 0 Å². The molecule has 3 aromatic carbocycles. The summed E-state index contributed by atoms with van der Waals surface area (Å²) in [5.41, 5.74) is 14.8. The second-order valence-corrected chi connectivity index (χ2v) is 12.0. The van der Waals surface area contributed by atoms with E-state index in [4.69, 9.17) is 0 Å². The fraction of sp³-hybridized carbons (Fsp3) is 0.532. The molecule has 0 nitrogen and oxygen atoms in total. The van der Waals surface area contributed by atoms with E-state index in [1.165, 1.54) is 69.3 Å². The zero-order valence-electron chi connectivity index (χ0n) is 34.9. The van der Waals surface area contributed by atoms with Crippen molar-refractivity contribution in [2.45, 2.75) is 169 Å². The largest absolute Gasteiger partial charge is 0.103 e. The Morgan fingerprint density at radius 2 is 1.17 bits per heavy atom. The van der Waals surface area contributed by atoms with Crippen molar-refractivity contribution in [2.24, 2.45) is 0 Å². The summed E-state index contributed by atoms with van der Waals surface area (Å²) in [7, 11) is 0. The third kappa shape index (κ3) is 21.6. The lowest BCUT2D eigenvalue weighted by molar-refractivity contribution is 0.503. The molecule has 0 unspecified atom stereocenters. The highest BCUT2D eigenvalue weighted by atomic mass is 14.2. The minimum Gasteiger partial charge on any atom is -0.103 e. The predicted molar refractivity (Wildman–Crippen MR) is 223 cm³/mol. The van der Waals surface area contributed by atoms with Crippen molar-refractivity contribution >= 4 is 0 Å². The van der Waals surface area contributed by atoms with Crippen LogP contribution < -0.4 is 0 Å². The van der Waals surface area contributed by atoms with Gasteiger partial charge >= 0.3 is 0 Å². The first kappa shape index (κ1) is 51.0. The summed E-state index contributed by atoms with van der Waals surface area (Å²) in [6.45, 7) is 45.5. The Hall–Kier alpha value is -2.86. The first-order chi connectivity index (χ1) is 22.3. The molecule has 0 bridgehead atoms. The molecule has 0 amide bonds. The van der Waals surface area contributed by atoms with E-state index in [1.54, 1.807) is 11.6 Å². The Morgan fingerprint density at radius 1 is 0.638 bits per heavy atom. The van der Waals surface area contributed by atoms with Crippen molar-refractivity contribution in [1.29, 1.82) is 0 Å². The molecule has 0 heteroatoms. The topological polar surface area (TPSA) is 0 Å². The van der Waals surface area contributed by atoms with E-state index in [0.29, 0.717) is 5.41 Å². The van der Waals surface area contributed by atoms with Crippen molar-refractivity contribution in [3.05, 3.63) is 129 Å². The normalized spacial score (nSPS) is 9.32. The highest BCUT2D eigenvalue weighted by Gasteiger charge is 2.19. The van der Waals surface area contributed by atoms with Gasteiger partial charge in [-0.15, -0.1) is 13.2 Å². The van der Waals surface area contributed by atoms with Gasteiger partial charge in [0.15, 0.2) is 0 Å². The van der Waals surface area contributed by atoms with Crippen molar-refractivity contribution in [3.8, 4) is 0 Å². The van der Waals surface area contributed by atoms with Crippen molar-refractivity contribution in [1.82, 2.24) is 0 Å². The van der Waals surface area contributed by atoms with Crippen LogP contribution in [0.15, 0.2) is 73.8 Å². The number of benzene rings is 3. The summed E-state index contributed by atoms with van der Waals surface area (Å²) in [4.78, 5) is 0. The molecule has 0 aliphatic carbocycles. The third-order valence-electron chi connectivity index (χ3n) is 8.06. The Morgan fingerprint density at radius 3 is 1.57 bits per heavy atom. The fourth-order valence-electron chi connectivity index (χ4n) is 4.81. The van der Waals surface area contributed by atoms with Gasteiger partial charge in [0.2, 0.25) is 0 Å². The zero-order chi connectivity index (χ0) is 37.6. The molecule has 0 saturated heterocycles. The summed E-state index contributed by atoms with van der Waals surface area (Å²) < 4.78 is 0. The maximum absolute atomic E-state index is 3.79. The van der Waals surface area contributed by atoms with Crippen molar-refractivity contribution in [2.75, 3.05) is 0 Å². The second-order valence-electron chi connectivity index (χ2n) is 12.0. The van der Waals surface area contributed by atoms with Crippen LogP contribution in [0.2, 0.25) is 0 Å². The van der Waals surface area contributed by atoms with Crippen LogP contribution in [0.25, 0.3) is 0 Å². The van der Waals surface area contributed by atoms with Gasteiger partial charge in [0.25, 0.3) is 0 Å². The zero-order valence-corrected chi connectivity index (χ0v) is 34.9. The average Bonchev–Trinajstić information content (AvgIpc) is 3.08. The van der Waals surface area contributed by atoms with Crippen LogP contribution in [0.5, 0.6) is 0 Å². The molecule has 0 aliphatic rings. The van der Waals surface area contributed by atoms with E-state index in [1.807, 2.05) is 54.5 Å². The smallest absolute Gasteiger partial charge is 0.0104 e. The van der Waals surface area contributed by atoms with Gasteiger partial charge in [-0.05, 0) is 136 Å². The second kappa shape index (κ2) is 31.7. The first-order valence-electron chi connectivity index (χ1n) is 18.7. The molecule has 0 heterocycles. The summed E-state index contributed by atoms with van der Waals surface area (Å²) in [5.74, 6) is 0. The van der Waals surface area contributed by atoms with E-state index in [2.05, 4.69) is 138 Å². The van der Waals surface area contributed by atoms with Gasteiger partial charge in [0.1, 0.15) is 0 Å². The quantitative estimate of drug-likeness (QED) is 0.214. The molecule has 0 N–H and O–H groups in total. The minimum absolute atomic E-state index is 0.316. The van der Waals surface area contributed by atoms with Gasteiger partial charge in [0, 0.05) is 0 Å². The number of allylic oxidation sites excluding steroid dienone is 2. The predicted octanol–water partition coefficient (Wildman–Crippen LogP) is 15.5. The number of rotatable bonds is 8. The molecule has 0 aromatic heterocycles. The van der Waals surface area contributed by atoms with Crippen molar-refractivity contribution < 1.29 is 0 Å². The van der Waals surface area contributed by atoms with E-state index in [-0.39, 0.29) is 0 Å². The van der Waals surface area contributed by atoms with Crippen LogP contribution in [-0.4, -0.2) is 0 Å². The van der Waals surface area contributed by atoms with E-state index in [0.717, 1.165) is 19.3 Å². The number of hydrogen-bond acceptors (Lipinski definition) is 0. The minimum atomic E-state index is 0.316. The molecule has 3 aromatic rings. The molecule has 3 rings (SSSR count). The van der Waals surface area contributed by atoms with E-state index >= 15 is 0 Å². The standard InChI is InChI=1S/C15H22.C14H22.C9H12.C3H6.3C2H6/c1-5-7-9-14-11-10-12(3)13(4)15(14)8-6-2;1-6-12-8-9-13(11(3)10-12)14(4,5)7-2;1-7-4-5-8(2)9(3)6-7;1-3-2;3*1-2/h5,10-11H,1,6-9H2,2-4H3;8-10H,6-7H2,1-5H3;4-6H,1-3H3;3H,1H2,2H3;3*1-2H3. The van der Waals surface area contributed by atoms with Gasteiger partial charge in [0.05, 0.1) is 0 Å². The van der Waals surface area contributed by atoms with Crippen molar-refractivity contribution in [3.63, 3.8) is 0 Å². The van der Waals surface area contributed by atoms with Gasteiger partial charge in [-0.25, -0.2) is 0 Å². The van der Waals surface area contributed by atoms with E-state index < -0.39 is 0 Å². The molecule has 0 aliphatic heterocycles. The average molecular weight is 645 g/mol. The molecule has 47 heavy (non-hydrogen) atoms. The monoisotopic (exact) mass is 645 g/mol. The van der Waals surface area contributed by atoms with E-state index in [9.17, 15) is 0 Å². The van der Waals surface area contributed by atoms with Crippen LogP contribution in [0.3, 0.4) is 0 Å². The SMILES string of the molecule is C=CC.C=CCCc1ccc(C)c(C)c1CCC.CC.CC.CC.CCc1ccc(C(C)(C)CC)c(C)c1.Cc1ccc(C)c(C)c1. The highest BCUT2D eigenvalue weighted by molar-refractivity contribution is 5.40. The third-order valence-corrected chi connectivity index (χ3v) is 8.06. The Kier molecular flexibility index (Phi) is 34.4. The number of aryl methyl sites for hydroxylation is 7. The maximum Gasteiger partial charge on any atom is -0.0104 e. The summed E-state index contributed by atoms with van der Waals surface area (Å²) in [6, 6.07) is 17.9. The Labute approximate surface area is 297 Å². The lowest BCUT2D eigenvalue weighted by Crippen LogP contribution is -2.17. The fourth-order valence-corrected chi connectivity index (χ4v) is 4.81. The van der Waals surface area contributed by atoms with Crippen LogP contribution >= 0.6 is 0 Å². The molecule has 0 saturated carbocycles. The summed E-state index contributed by atoms with van der Waals surface area (Å²) in [6.07, 6.45) is 10.7. The van der Waals surface area contributed by atoms with Crippen LogP contribution in [-0.2, 0) is 24.7 Å². The first-order valence-corrected chi connectivity index (χ1v) is 18.7.